The molecule has 0 aliphatic carbocycles. The highest BCUT2D eigenvalue weighted by molar-refractivity contribution is 7.15. The van der Waals surface area contributed by atoms with Gasteiger partial charge in [-0.25, -0.2) is 9.97 Å². The number of hydrogen-bond donors (Lipinski definition) is 2. The van der Waals surface area contributed by atoms with Gasteiger partial charge in [-0.2, -0.15) is 0 Å². The molecule has 0 bridgehead atoms. The first-order valence-electron chi connectivity index (χ1n) is 7.80. The number of nitrogens with one attached hydrogen (secondary N) is 2. The maximum atomic E-state index is 12.0. The van der Waals surface area contributed by atoms with Crippen molar-refractivity contribution in [1.82, 2.24) is 14.9 Å². The number of carbonyl (C=O) groups is 1. The van der Waals surface area contributed by atoms with Crippen molar-refractivity contribution >= 4 is 33.9 Å². The Kier molecular flexibility index (Phi) is 5.25. The van der Waals surface area contributed by atoms with E-state index in [0.717, 1.165) is 21.5 Å². The van der Waals surface area contributed by atoms with Gasteiger partial charge in [-0.05, 0) is 30.3 Å². The van der Waals surface area contributed by atoms with E-state index in [9.17, 15) is 4.79 Å². The SMILES string of the molecule is CN(C)C(=O)c1cccc(NCc2cnc(Nc3ccccn3)s2)c1. The third-order valence-electron chi connectivity index (χ3n) is 3.44. The lowest BCUT2D eigenvalue weighted by Gasteiger charge is -2.11. The minimum Gasteiger partial charge on any atom is -0.380 e. The van der Waals surface area contributed by atoms with Crippen LogP contribution >= 0.6 is 11.3 Å². The van der Waals surface area contributed by atoms with E-state index < -0.39 is 0 Å². The predicted octanol–water partition coefficient (Wildman–Crippen LogP) is 3.60. The molecule has 0 spiro atoms. The van der Waals surface area contributed by atoms with E-state index in [-0.39, 0.29) is 5.91 Å². The van der Waals surface area contributed by atoms with Crippen molar-refractivity contribution in [1.29, 1.82) is 0 Å². The third-order valence-corrected chi connectivity index (χ3v) is 4.35. The minimum absolute atomic E-state index is 0.0108. The smallest absolute Gasteiger partial charge is 0.253 e. The second-order valence-corrected chi connectivity index (χ2v) is 6.72. The molecule has 0 atom stereocenters. The van der Waals surface area contributed by atoms with Gasteiger partial charge in [-0.3, -0.25) is 4.79 Å². The molecule has 3 rings (SSSR count). The van der Waals surface area contributed by atoms with Gasteiger partial charge in [0.05, 0.1) is 6.54 Å². The van der Waals surface area contributed by atoms with Crippen molar-refractivity contribution in [3.8, 4) is 0 Å². The standard InChI is InChI=1S/C18H19N5OS/c1-23(2)17(24)13-6-5-7-14(10-13)20-11-15-12-21-18(25-15)22-16-8-3-4-9-19-16/h3-10,12,20H,11H2,1-2H3,(H,19,21,22). The molecule has 7 heteroatoms. The first-order chi connectivity index (χ1) is 12.1. The number of aromatic nitrogens is 2. The van der Waals surface area contributed by atoms with Crippen LogP contribution < -0.4 is 10.6 Å². The van der Waals surface area contributed by atoms with E-state index in [1.54, 1.807) is 36.5 Å². The summed E-state index contributed by atoms with van der Waals surface area (Å²) in [5.41, 5.74) is 1.57. The van der Waals surface area contributed by atoms with Crippen molar-refractivity contribution in [2.75, 3.05) is 24.7 Å². The Bertz CT molecular complexity index is 847. The second-order valence-electron chi connectivity index (χ2n) is 5.61. The molecular weight excluding hydrogens is 334 g/mol. The fraction of sp³-hybridized carbons (Fsp3) is 0.167. The summed E-state index contributed by atoms with van der Waals surface area (Å²) in [7, 11) is 3.49. The van der Waals surface area contributed by atoms with E-state index >= 15 is 0 Å². The summed E-state index contributed by atoms with van der Waals surface area (Å²) < 4.78 is 0. The van der Waals surface area contributed by atoms with Gasteiger partial charge in [0.1, 0.15) is 5.82 Å². The van der Waals surface area contributed by atoms with Crippen LogP contribution in [-0.2, 0) is 6.54 Å². The molecule has 0 saturated heterocycles. The van der Waals surface area contributed by atoms with Gasteiger partial charge in [-0.1, -0.05) is 23.5 Å². The topological polar surface area (TPSA) is 70.2 Å². The van der Waals surface area contributed by atoms with Crippen molar-refractivity contribution in [3.05, 3.63) is 65.3 Å². The van der Waals surface area contributed by atoms with Crippen LogP contribution in [0.2, 0.25) is 0 Å². The van der Waals surface area contributed by atoms with Crippen LogP contribution in [0.25, 0.3) is 0 Å². The number of nitrogens with zero attached hydrogens (tertiary/aromatic N) is 3. The largest absolute Gasteiger partial charge is 0.380 e. The lowest BCUT2D eigenvalue weighted by atomic mass is 10.2. The quantitative estimate of drug-likeness (QED) is 0.709. The van der Waals surface area contributed by atoms with E-state index in [1.165, 1.54) is 0 Å². The van der Waals surface area contributed by atoms with Crippen LogP contribution in [0.1, 0.15) is 15.2 Å². The van der Waals surface area contributed by atoms with Crippen LogP contribution in [0.15, 0.2) is 54.9 Å². The van der Waals surface area contributed by atoms with Crippen molar-refractivity contribution in [3.63, 3.8) is 0 Å². The number of hydrogen-bond acceptors (Lipinski definition) is 6. The lowest BCUT2D eigenvalue weighted by molar-refractivity contribution is 0.0827. The number of anilines is 3. The molecule has 0 saturated carbocycles. The average Bonchev–Trinajstić information content (AvgIpc) is 3.08. The number of rotatable bonds is 6. The maximum Gasteiger partial charge on any atom is 0.253 e. The third kappa shape index (κ3) is 4.54. The van der Waals surface area contributed by atoms with E-state index in [1.807, 2.05) is 48.7 Å². The van der Waals surface area contributed by atoms with Crippen LogP contribution in [0.5, 0.6) is 0 Å². The van der Waals surface area contributed by atoms with E-state index in [2.05, 4.69) is 20.6 Å². The number of benzene rings is 1. The molecule has 0 fully saturated rings. The number of carbonyl (C=O) groups excluding carboxylic acids is 1. The summed E-state index contributed by atoms with van der Waals surface area (Å²) in [5, 5.41) is 7.30. The second kappa shape index (κ2) is 7.76. The molecule has 0 aliphatic rings. The molecular formula is C18H19N5OS. The fourth-order valence-corrected chi connectivity index (χ4v) is 2.96. The molecule has 1 aromatic carbocycles. The maximum absolute atomic E-state index is 12.0. The Morgan fingerprint density at radius 2 is 2.04 bits per heavy atom. The predicted molar refractivity (Wildman–Crippen MR) is 101 cm³/mol. The molecule has 128 valence electrons. The van der Waals surface area contributed by atoms with E-state index in [0.29, 0.717) is 12.1 Å². The Morgan fingerprint density at radius 3 is 2.80 bits per heavy atom. The molecule has 3 aromatic rings. The van der Waals surface area contributed by atoms with Gasteiger partial charge in [-0.15, -0.1) is 0 Å². The van der Waals surface area contributed by atoms with Crippen molar-refractivity contribution in [2.45, 2.75) is 6.54 Å². The van der Waals surface area contributed by atoms with Crippen molar-refractivity contribution < 1.29 is 4.79 Å². The van der Waals surface area contributed by atoms with Crippen LogP contribution in [0.4, 0.5) is 16.6 Å². The van der Waals surface area contributed by atoms with Gasteiger partial charge >= 0.3 is 0 Å². The summed E-state index contributed by atoms with van der Waals surface area (Å²) in [6, 6.07) is 13.2. The summed E-state index contributed by atoms with van der Waals surface area (Å²) in [6.45, 7) is 0.640. The summed E-state index contributed by atoms with van der Waals surface area (Å²) in [6.07, 6.45) is 3.57. The summed E-state index contributed by atoms with van der Waals surface area (Å²) in [5.74, 6) is 0.759. The monoisotopic (exact) mass is 353 g/mol. The Morgan fingerprint density at radius 1 is 1.16 bits per heavy atom. The zero-order valence-electron chi connectivity index (χ0n) is 14.1. The number of thiazole rings is 1. The average molecular weight is 353 g/mol. The molecule has 2 heterocycles. The first-order valence-corrected chi connectivity index (χ1v) is 8.62. The molecule has 25 heavy (non-hydrogen) atoms. The van der Waals surface area contributed by atoms with Gasteiger partial charge in [0.25, 0.3) is 5.91 Å². The van der Waals surface area contributed by atoms with Crippen LogP contribution in [0, 0.1) is 0 Å². The first kappa shape index (κ1) is 16.9. The highest BCUT2D eigenvalue weighted by Gasteiger charge is 2.08. The molecule has 0 radical (unpaired) electrons. The fourth-order valence-electron chi connectivity index (χ4n) is 2.20. The Balaban J connectivity index is 1.61. The molecule has 0 unspecified atom stereocenters. The molecule has 2 N–H and O–H groups in total. The van der Waals surface area contributed by atoms with Gasteiger partial charge in [0, 0.05) is 42.6 Å². The zero-order chi connectivity index (χ0) is 17.6. The van der Waals surface area contributed by atoms with Crippen molar-refractivity contribution in [2.24, 2.45) is 0 Å². The van der Waals surface area contributed by atoms with Gasteiger partial charge in [0.15, 0.2) is 5.13 Å². The lowest BCUT2D eigenvalue weighted by Crippen LogP contribution is -2.21. The summed E-state index contributed by atoms with van der Waals surface area (Å²) in [4.78, 5) is 23.3. The normalized spacial score (nSPS) is 10.3. The highest BCUT2D eigenvalue weighted by atomic mass is 32.1. The Hall–Kier alpha value is -2.93. The van der Waals surface area contributed by atoms with E-state index in [4.69, 9.17) is 0 Å². The number of amides is 1. The number of pyridine rings is 1. The molecule has 1 amide bonds. The molecule has 2 aromatic heterocycles. The van der Waals surface area contributed by atoms with Gasteiger partial charge < -0.3 is 15.5 Å². The molecule has 0 aliphatic heterocycles. The van der Waals surface area contributed by atoms with Crippen LogP contribution in [0.3, 0.4) is 0 Å². The molecule has 6 nitrogen and oxygen atoms in total. The summed E-state index contributed by atoms with van der Waals surface area (Å²) >= 11 is 1.56. The zero-order valence-corrected chi connectivity index (χ0v) is 14.9. The van der Waals surface area contributed by atoms with Crippen LogP contribution in [-0.4, -0.2) is 34.9 Å². The van der Waals surface area contributed by atoms with Gasteiger partial charge in [0.2, 0.25) is 0 Å². The minimum atomic E-state index is -0.0108. The highest BCUT2D eigenvalue weighted by Crippen LogP contribution is 2.22. The Labute approximate surface area is 150 Å².